The molecule has 0 amide bonds. The molecule has 11 heavy (non-hydrogen) atoms. The van der Waals surface area contributed by atoms with Gasteiger partial charge in [-0.3, -0.25) is 4.21 Å². The third-order valence-electron chi connectivity index (χ3n) is 1.28. The van der Waals surface area contributed by atoms with Crippen LogP contribution in [-0.2, 0) is 15.5 Å². The van der Waals surface area contributed by atoms with Crippen LogP contribution in [0.25, 0.3) is 0 Å². The van der Waals surface area contributed by atoms with E-state index in [0.29, 0.717) is 18.4 Å². The summed E-state index contributed by atoms with van der Waals surface area (Å²) in [5.74, 6) is 0.712. The lowest BCUT2D eigenvalue weighted by Crippen LogP contribution is -2.33. The van der Waals surface area contributed by atoms with Gasteiger partial charge in [-0.05, 0) is 6.92 Å². The minimum absolute atomic E-state index is 0.316. The van der Waals surface area contributed by atoms with Gasteiger partial charge in [0.2, 0.25) is 0 Å². The Balaban J connectivity index is 3.22. The van der Waals surface area contributed by atoms with Crippen LogP contribution in [0.3, 0.4) is 0 Å². The van der Waals surface area contributed by atoms with Crippen molar-refractivity contribution < 1.29 is 8.95 Å². The maximum atomic E-state index is 10.7. The fourth-order valence-electron chi connectivity index (χ4n) is 0.818. The first-order valence-electron chi connectivity index (χ1n) is 3.69. The molecule has 0 rings (SSSR count). The summed E-state index contributed by atoms with van der Waals surface area (Å²) in [5, 5.41) is 3.20. The van der Waals surface area contributed by atoms with E-state index < -0.39 is 10.8 Å². The zero-order valence-electron chi connectivity index (χ0n) is 7.42. The molecule has 0 aliphatic rings. The van der Waals surface area contributed by atoms with Gasteiger partial charge < -0.3 is 10.1 Å². The number of rotatable bonds is 6. The van der Waals surface area contributed by atoms with Crippen molar-refractivity contribution in [3.8, 4) is 0 Å². The van der Waals surface area contributed by atoms with Gasteiger partial charge in [0.15, 0.2) is 0 Å². The minimum atomic E-state index is -0.704. The second kappa shape index (κ2) is 6.76. The molecule has 0 aliphatic carbocycles. The minimum Gasteiger partial charge on any atom is -0.383 e. The smallest absolute Gasteiger partial charge is 0.0587 e. The Kier molecular flexibility index (Phi) is 6.80. The second-order valence-electron chi connectivity index (χ2n) is 2.59. The first-order chi connectivity index (χ1) is 5.16. The predicted octanol–water partition coefficient (Wildman–Crippen LogP) is -0.0106. The number of methoxy groups -OCH3 is 1. The van der Waals surface area contributed by atoms with E-state index in [0.717, 1.165) is 6.54 Å². The molecule has 0 spiro atoms. The van der Waals surface area contributed by atoms with Crippen molar-refractivity contribution in [3.63, 3.8) is 0 Å². The molecule has 0 aliphatic heterocycles. The molecule has 0 aromatic carbocycles. The maximum absolute atomic E-state index is 10.7. The van der Waals surface area contributed by atoms with Gasteiger partial charge in [-0.25, -0.2) is 0 Å². The zero-order chi connectivity index (χ0) is 8.69. The largest absolute Gasteiger partial charge is 0.383 e. The summed E-state index contributed by atoms with van der Waals surface area (Å²) in [7, 11) is 0.967. The molecule has 0 saturated heterocycles. The Bertz CT molecular complexity index is 119. The van der Waals surface area contributed by atoms with Gasteiger partial charge in [0.25, 0.3) is 0 Å². The van der Waals surface area contributed by atoms with E-state index in [1.165, 1.54) is 0 Å². The highest BCUT2D eigenvalue weighted by molar-refractivity contribution is 7.84. The molecule has 0 aromatic heterocycles. The van der Waals surface area contributed by atoms with E-state index in [1.807, 2.05) is 6.92 Å². The monoisotopic (exact) mass is 179 g/mol. The molecule has 2 atom stereocenters. The van der Waals surface area contributed by atoms with Gasteiger partial charge in [-0.1, -0.05) is 0 Å². The quantitative estimate of drug-likeness (QED) is 0.583. The summed E-state index contributed by atoms with van der Waals surface area (Å²) in [6.45, 7) is 3.56. The predicted molar refractivity (Wildman–Crippen MR) is 48.3 cm³/mol. The molecule has 0 heterocycles. The highest BCUT2D eigenvalue weighted by atomic mass is 32.2. The zero-order valence-corrected chi connectivity index (χ0v) is 8.24. The Morgan fingerprint density at radius 2 is 2.27 bits per heavy atom. The standard InChI is InChI=1S/C7H17NO2S/c1-7(6-11(3)9)8-4-5-10-2/h7-8H,4-6H2,1-3H3. The number of hydrogen-bond donors (Lipinski definition) is 1. The number of nitrogens with one attached hydrogen (secondary N) is 1. The van der Waals surface area contributed by atoms with E-state index in [2.05, 4.69) is 5.32 Å². The van der Waals surface area contributed by atoms with E-state index in [-0.39, 0.29) is 0 Å². The summed E-state index contributed by atoms with van der Waals surface area (Å²) in [6, 6.07) is 0.316. The molecule has 0 fully saturated rings. The molecule has 0 radical (unpaired) electrons. The molecular weight excluding hydrogens is 162 g/mol. The first-order valence-corrected chi connectivity index (χ1v) is 5.42. The molecule has 0 bridgehead atoms. The molecule has 4 heteroatoms. The van der Waals surface area contributed by atoms with Crippen LogP contribution in [0.5, 0.6) is 0 Å². The highest BCUT2D eigenvalue weighted by Gasteiger charge is 2.01. The van der Waals surface area contributed by atoms with Crippen LogP contribution in [-0.4, -0.2) is 42.5 Å². The van der Waals surface area contributed by atoms with E-state index in [4.69, 9.17) is 4.74 Å². The summed E-state index contributed by atoms with van der Waals surface area (Å²) < 4.78 is 15.6. The van der Waals surface area contributed by atoms with Crippen LogP contribution in [0.4, 0.5) is 0 Å². The Morgan fingerprint density at radius 3 is 2.73 bits per heavy atom. The summed E-state index contributed by atoms with van der Waals surface area (Å²) in [5.41, 5.74) is 0. The van der Waals surface area contributed by atoms with E-state index in [1.54, 1.807) is 13.4 Å². The van der Waals surface area contributed by atoms with Crippen molar-refractivity contribution in [2.24, 2.45) is 0 Å². The van der Waals surface area contributed by atoms with Gasteiger partial charge in [0.05, 0.1) is 6.61 Å². The van der Waals surface area contributed by atoms with E-state index in [9.17, 15) is 4.21 Å². The molecular formula is C7H17NO2S. The van der Waals surface area contributed by atoms with Crippen LogP contribution in [0, 0.1) is 0 Å². The Labute approximate surface area is 71.0 Å². The topological polar surface area (TPSA) is 38.3 Å². The van der Waals surface area contributed by atoms with Crippen molar-refractivity contribution in [2.75, 3.05) is 32.3 Å². The van der Waals surface area contributed by atoms with Gasteiger partial charge in [-0.15, -0.1) is 0 Å². The Hall–Kier alpha value is 0.0700. The molecule has 1 N–H and O–H groups in total. The van der Waals surface area contributed by atoms with Crippen molar-refractivity contribution in [3.05, 3.63) is 0 Å². The molecule has 3 nitrogen and oxygen atoms in total. The average Bonchev–Trinajstić information content (AvgIpc) is 1.86. The van der Waals surface area contributed by atoms with Gasteiger partial charge in [0, 0.05) is 42.5 Å². The lowest BCUT2D eigenvalue weighted by Gasteiger charge is -2.10. The normalized spacial score (nSPS) is 16.3. The van der Waals surface area contributed by atoms with Crippen molar-refractivity contribution >= 4 is 10.8 Å². The van der Waals surface area contributed by atoms with Crippen LogP contribution >= 0.6 is 0 Å². The van der Waals surface area contributed by atoms with Crippen LogP contribution in [0.1, 0.15) is 6.92 Å². The molecule has 2 unspecified atom stereocenters. The Morgan fingerprint density at radius 1 is 1.64 bits per heavy atom. The fourth-order valence-corrected chi connectivity index (χ4v) is 1.64. The fraction of sp³-hybridized carbons (Fsp3) is 1.00. The summed E-state index contributed by atoms with van der Waals surface area (Å²) in [4.78, 5) is 0. The molecule has 0 saturated carbocycles. The highest BCUT2D eigenvalue weighted by Crippen LogP contribution is 1.84. The van der Waals surface area contributed by atoms with Crippen LogP contribution in [0.2, 0.25) is 0 Å². The van der Waals surface area contributed by atoms with Crippen molar-refractivity contribution in [2.45, 2.75) is 13.0 Å². The third-order valence-corrected chi connectivity index (χ3v) is 2.25. The lowest BCUT2D eigenvalue weighted by molar-refractivity contribution is 0.197. The number of hydrogen-bond acceptors (Lipinski definition) is 3. The third kappa shape index (κ3) is 7.97. The first kappa shape index (κ1) is 11.1. The average molecular weight is 179 g/mol. The molecule has 68 valence electrons. The lowest BCUT2D eigenvalue weighted by atomic mass is 10.4. The van der Waals surface area contributed by atoms with Crippen molar-refractivity contribution in [1.82, 2.24) is 5.32 Å². The second-order valence-corrected chi connectivity index (χ2v) is 4.07. The van der Waals surface area contributed by atoms with Gasteiger partial charge in [0.1, 0.15) is 0 Å². The number of ether oxygens (including phenoxy) is 1. The maximum Gasteiger partial charge on any atom is 0.0587 e. The summed E-state index contributed by atoms with van der Waals surface area (Å²) >= 11 is 0. The SMILES string of the molecule is COCCNC(C)CS(C)=O. The van der Waals surface area contributed by atoms with Crippen LogP contribution < -0.4 is 5.32 Å². The summed E-state index contributed by atoms with van der Waals surface area (Å²) in [6.07, 6.45) is 1.72. The van der Waals surface area contributed by atoms with Gasteiger partial charge in [-0.2, -0.15) is 0 Å². The van der Waals surface area contributed by atoms with Crippen molar-refractivity contribution in [1.29, 1.82) is 0 Å². The van der Waals surface area contributed by atoms with E-state index >= 15 is 0 Å². The van der Waals surface area contributed by atoms with Gasteiger partial charge >= 0.3 is 0 Å². The molecule has 0 aromatic rings. The van der Waals surface area contributed by atoms with Crippen LogP contribution in [0.15, 0.2) is 0 Å².